The molecule has 1 aliphatic carbocycles. The molecule has 1 aromatic heterocycles. The molecule has 0 saturated carbocycles. The highest BCUT2D eigenvalue weighted by atomic mass is 19.1. The van der Waals surface area contributed by atoms with Crippen molar-refractivity contribution in [2.24, 2.45) is 0 Å². The van der Waals surface area contributed by atoms with Crippen molar-refractivity contribution < 1.29 is 18.3 Å². The number of halogens is 2. The predicted molar refractivity (Wildman–Crippen MR) is 97.1 cm³/mol. The first-order valence-electron chi connectivity index (χ1n) is 8.81. The Bertz CT molecular complexity index is 964. The number of ether oxygens (including phenoxy) is 2. The molecule has 1 N–H and O–H groups in total. The molecule has 3 aromatic rings. The predicted octanol–water partition coefficient (Wildman–Crippen LogP) is 5.13. The number of aromatic amines is 1. The number of rotatable bonds is 4. The fourth-order valence-corrected chi connectivity index (χ4v) is 4.08. The minimum absolute atomic E-state index is 0.242. The molecule has 0 fully saturated rings. The largest absolute Gasteiger partial charge is 0.493 e. The molecule has 0 radical (unpaired) electrons. The highest BCUT2D eigenvalue weighted by Gasteiger charge is 2.26. The van der Waals surface area contributed by atoms with E-state index in [9.17, 15) is 8.78 Å². The number of aromatic nitrogens is 1. The summed E-state index contributed by atoms with van der Waals surface area (Å²) in [5.74, 6) is 0.583. The van der Waals surface area contributed by atoms with E-state index in [1.165, 1.54) is 6.07 Å². The molecule has 4 rings (SSSR count). The van der Waals surface area contributed by atoms with Gasteiger partial charge in [0.25, 0.3) is 0 Å². The van der Waals surface area contributed by atoms with Crippen molar-refractivity contribution in [2.75, 3.05) is 14.2 Å². The van der Waals surface area contributed by atoms with E-state index >= 15 is 0 Å². The first-order chi connectivity index (χ1) is 12.6. The van der Waals surface area contributed by atoms with Gasteiger partial charge in [-0.05, 0) is 55.0 Å². The lowest BCUT2D eigenvalue weighted by molar-refractivity contribution is 0.354. The van der Waals surface area contributed by atoms with Crippen LogP contribution >= 0.6 is 0 Å². The standard InChI is InChI=1S/C21H21F2NO2/c1-25-18-7-6-12(9-19(18)26-2)8-13-4-3-5-15-16-10-14(22)11-17(23)21(16)24-20(13)15/h6-7,9-11,13,24H,3-5,8H2,1-2H3. The molecular weight excluding hydrogens is 336 g/mol. The SMILES string of the molecule is COc1ccc(CC2CCCc3c2[nH]c2c(F)cc(F)cc32)cc1OC. The van der Waals surface area contributed by atoms with Crippen LogP contribution in [0.5, 0.6) is 11.5 Å². The molecule has 1 atom stereocenters. The number of hydrogen-bond donors (Lipinski definition) is 1. The zero-order valence-corrected chi connectivity index (χ0v) is 14.9. The van der Waals surface area contributed by atoms with Crippen molar-refractivity contribution in [1.29, 1.82) is 0 Å². The molecule has 0 aliphatic heterocycles. The van der Waals surface area contributed by atoms with E-state index < -0.39 is 11.6 Å². The Labute approximate surface area is 150 Å². The van der Waals surface area contributed by atoms with Gasteiger partial charge in [-0.25, -0.2) is 8.78 Å². The molecule has 2 aromatic carbocycles. The number of H-pyrrole nitrogens is 1. The lowest BCUT2D eigenvalue weighted by Gasteiger charge is -2.23. The topological polar surface area (TPSA) is 34.2 Å². The summed E-state index contributed by atoms with van der Waals surface area (Å²) in [5, 5.41) is 0.675. The van der Waals surface area contributed by atoms with Crippen molar-refractivity contribution in [3.05, 3.63) is 58.8 Å². The third-order valence-electron chi connectivity index (χ3n) is 5.28. The lowest BCUT2D eigenvalue weighted by atomic mass is 9.83. The van der Waals surface area contributed by atoms with E-state index in [-0.39, 0.29) is 5.92 Å². The van der Waals surface area contributed by atoms with Crippen LogP contribution in [-0.4, -0.2) is 19.2 Å². The van der Waals surface area contributed by atoms with Crippen molar-refractivity contribution in [3.8, 4) is 11.5 Å². The van der Waals surface area contributed by atoms with Crippen LogP contribution in [0.1, 0.15) is 35.6 Å². The molecule has 0 amide bonds. The van der Waals surface area contributed by atoms with E-state index in [0.717, 1.165) is 48.6 Å². The maximum absolute atomic E-state index is 14.2. The monoisotopic (exact) mass is 357 g/mol. The zero-order chi connectivity index (χ0) is 18.3. The minimum atomic E-state index is -0.529. The molecule has 0 bridgehead atoms. The molecule has 0 spiro atoms. The maximum atomic E-state index is 14.2. The molecule has 1 unspecified atom stereocenters. The van der Waals surface area contributed by atoms with Gasteiger partial charge in [0, 0.05) is 23.1 Å². The summed E-state index contributed by atoms with van der Waals surface area (Å²) in [6.45, 7) is 0. The van der Waals surface area contributed by atoms with Crippen LogP contribution in [0.15, 0.2) is 30.3 Å². The van der Waals surface area contributed by atoms with Gasteiger partial charge in [0.1, 0.15) is 11.6 Å². The van der Waals surface area contributed by atoms with E-state index in [2.05, 4.69) is 4.98 Å². The highest BCUT2D eigenvalue weighted by molar-refractivity contribution is 5.85. The fraction of sp³-hybridized carbons (Fsp3) is 0.333. The number of hydrogen-bond acceptors (Lipinski definition) is 2. The van der Waals surface area contributed by atoms with Gasteiger partial charge in [-0.1, -0.05) is 6.07 Å². The van der Waals surface area contributed by atoms with Crippen molar-refractivity contribution in [2.45, 2.75) is 31.6 Å². The molecule has 1 aliphatic rings. The van der Waals surface area contributed by atoms with Crippen LogP contribution in [0, 0.1) is 11.6 Å². The number of aryl methyl sites for hydroxylation is 1. The highest BCUT2D eigenvalue weighted by Crippen LogP contribution is 2.39. The first-order valence-corrected chi connectivity index (χ1v) is 8.81. The third kappa shape index (κ3) is 2.81. The Hall–Kier alpha value is -2.56. The quantitative estimate of drug-likeness (QED) is 0.703. The van der Waals surface area contributed by atoms with E-state index in [0.29, 0.717) is 22.4 Å². The van der Waals surface area contributed by atoms with Crippen LogP contribution in [-0.2, 0) is 12.8 Å². The molecule has 136 valence electrons. The summed E-state index contributed by atoms with van der Waals surface area (Å²) in [7, 11) is 3.23. The van der Waals surface area contributed by atoms with Crippen LogP contribution in [0.25, 0.3) is 10.9 Å². The van der Waals surface area contributed by atoms with Gasteiger partial charge < -0.3 is 14.5 Å². The number of methoxy groups -OCH3 is 2. The van der Waals surface area contributed by atoms with Gasteiger partial charge in [0.05, 0.1) is 19.7 Å². The van der Waals surface area contributed by atoms with E-state index in [1.807, 2.05) is 18.2 Å². The lowest BCUT2D eigenvalue weighted by Crippen LogP contribution is -2.11. The summed E-state index contributed by atoms with van der Waals surface area (Å²) in [5.41, 5.74) is 3.63. The normalized spacial score (nSPS) is 16.5. The average Bonchev–Trinajstić information content (AvgIpc) is 3.02. The fourth-order valence-electron chi connectivity index (χ4n) is 4.08. The van der Waals surface area contributed by atoms with Crippen molar-refractivity contribution in [1.82, 2.24) is 4.98 Å². The number of fused-ring (bicyclic) bond motifs is 3. The van der Waals surface area contributed by atoms with Gasteiger partial charge >= 0.3 is 0 Å². The minimum Gasteiger partial charge on any atom is -0.493 e. The van der Waals surface area contributed by atoms with Gasteiger partial charge in [-0.2, -0.15) is 0 Å². The smallest absolute Gasteiger partial charge is 0.160 e. The Morgan fingerprint density at radius 2 is 1.88 bits per heavy atom. The van der Waals surface area contributed by atoms with E-state index in [4.69, 9.17) is 9.47 Å². The summed E-state index contributed by atoms with van der Waals surface area (Å²) in [6, 6.07) is 8.28. The molecule has 0 saturated heterocycles. The Balaban J connectivity index is 1.71. The Kier molecular flexibility index (Phi) is 4.31. The van der Waals surface area contributed by atoms with Gasteiger partial charge in [0.2, 0.25) is 0 Å². The third-order valence-corrected chi connectivity index (χ3v) is 5.28. The van der Waals surface area contributed by atoms with E-state index in [1.54, 1.807) is 14.2 Å². The van der Waals surface area contributed by atoms with Crippen molar-refractivity contribution in [3.63, 3.8) is 0 Å². The van der Waals surface area contributed by atoms with Crippen LogP contribution < -0.4 is 9.47 Å². The van der Waals surface area contributed by atoms with Gasteiger partial charge in [-0.15, -0.1) is 0 Å². The van der Waals surface area contributed by atoms with Gasteiger partial charge in [-0.3, -0.25) is 0 Å². The molecular formula is C21H21F2NO2. The van der Waals surface area contributed by atoms with Crippen molar-refractivity contribution >= 4 is 10.9 Å². The zero-order valence-electron chi connectivity index (χ0n) is 14.9. The number of nitrogens with one attached hydrogen (secondary N) is 1. The average molecular weight is 357 g/mol. The van der Waals surface area contributed by atoms with Crippen LogP contribution in [0.3, 0.4) is 0 Å². The summed E-state index contributed by atoms with van der Waals surface area (Å²) >= 11 is 0. The molecule has 1 heterocycles. The van der Waals surface area contributed by atoms with Gasteiger partial charge in [0.15, 0.2) is 11.5 Å². The maximum Gasteiger partial charge on any atom is 0.160 e. The van der Waals surface area contributed by atoms with Crippen LogP contribution in [0.4, 0.5) is 8.78 Å². The first kappa shape index (κ1) is 16.9. The molecule has 26 heavy (non-hydrogen) atoms. The summed E-state index contributed by atoms with van der Waals surface area (Å²) in [6.07, 6.45) is 3.68. The number of benzene rings is 2. The molecule has 5 heteroatoms. The summed E-state index contributed by atoms with van der Waals surface area (Å²) < 4.78 is 38.5. The van der Waals surface area contributed by atoms with Crippen LogP contribution in [0.2, 0.25) is 0 Å². The molecule has 3 nitrogen and oxygen atoms in total. The second kappa shape index (κ2) is 6.63. The Morgan fingerprint density at radius 1 is 1.08 bits per heavy atom. The summed E-state index contributed by atoms with van der Waals surface area (Å²) in [4.78, 5) is 3.24. The Morgan fingerprint density at radius 3 is 2.65 bits per heavy atom. The second-order valence-electron chi connectivity index (χ2n) is 6.81. The second-order valence-corrected chi connectivity index (χ2v) is 6.81.